The predicted octanol–water partition coefficient (Wildman–Crippen LogP) is 3.54. The number of nitrogens with one attached hydrogen (secondary N) is 1. The van der Waals surface area contributed by atoms with Crippen molar-refractivity contribution in [2.45, 2.75) is 12.6 Å². The van der Waals surface area contributed by atoms with Crippen molar-refractivity contribution in [3.63, 3.8) is 0 Å². The van der Waals surface area contributed by atoms with Gasteiger partial charge in [0.25, 0.3) is 0 Å². The Hall–Kier alpha value is -2.49. The van der Waals surface area contributed by atoms with Crippen LogP contribution in [-0.4, -0.2) is 26.5 Å². The van der Waals surface area contributed by atoms with Crippen LogP contribution in [0, 0.1) is 5.82 Å². The van der Waals surface area contributed by atoms with Crippen molar-refractivity contribution in [1.82, 2.24) is 20.0 Å². The molecule has 3 rings (SSSR count). The minimum atomic E-state index is -4.48. The molecule has 0 unspecified atom stereocenters. The van der Waals surface area contributed by atoms with Crippen LogP contribution in [0.3, 0.4) is 0 Å². The summed E-state index contributed by atoms with van der Waals surface area (Å²) in [7, 11) is 0. The van der Waals surface area contributed by atoms with Crippen molar-refractivity contribution in [1.29, 1.82) is 0 Å². The van der Waals surface area contributed by atoms with Gasteiger partial charge in [0.05, 0.1) is 11.4 Å². The van der Waals surface area contributed by atoms with Crippen LogP contribution < -0.4 is 5.32 Å². The van der Waals surface area contributed by atoms with Crippen molar-refractivity contribution < 1.29 is 17.6 Å². The lowest BCUT2D eigenvalue weighted by Crippen LogP contribution is -2.05. The average Bonchev–Trinajstić information content (AvgIpc) is 3.17. The Labute approximate surface area is 138 Å². The van der Waals surface area contributed by atoms with Crippen molar-refractivity contribution in [2.75, 3.05) is 11.9 Å². The van der Waals surface area contributed by atoms with E-state index in [4.69, 9.17) is 0 Å². The number of alkyl halides is 3. The summed E-state index contributed by atoms with van der Waals surface area (Å²) in [5, 5.41) is 12.8. The Balaban J connectivity index is 1.56. The van der Waals surface area contributed by atoms with E-state index in [1.807, 2.05) is 0 Å². The molecule has 1 aromatic carbocycles. The standard InChI is InChI=1S/C14H11F4N5S/c15-9-1-3-11(4-2-9)23-8-6-10(22-23)5-7-19-13-21-20-12(24-13)14(16,17)18/h1-4,6,8H,5,7H2,(H,19,21). The van der Waals surface area contributed by atoms with Crippen molar-refractivity contribution in [3.8, 4) is 5.69 Å². The number of benzene rings is 1. The van der Waals surface area contributed by atoms with Crippen molar-refractivity contribution in [2.24, 2.45) is 0 Å². The van der Waals surface area contributed by atoms with E-state index in [1.165, 1.54) is 12.1 Å². The molecule has 2 aromatic heterocycles. The Morgan fingerprint density at radius 2 is 1.83 bits per heavy atom. The van der Waals surface area contributed by atoms with Gasteiger partial charge < -0.3 is 5.32 Å². The molecule has 0 aliphatic rings. The van der Waals surface area contributed by atoms with E-state index >= 15 is 0 Å². The summed E-state index contributed by atoms with van der Waals surface area (Å²) in [6.07, 6.45) is -2.25. The molecule has 5 nitrogen and oxygen atoms in total. The van der Waals surface area contributed by atoms with Gasteiger partial charge in [-0.1, -0.05) is 11.3 Å². The maximum atomic E-state index is 12.9. The van der Waals surface area contributed by atoms with Crippen LogP contribution in [0.25, 0.3) is 5.69 Å². The third kappa shape index (κ3) is 3.88. The first-order valence-electron chi connectivity index (χ1n) is 6.87. The molecule has 1 N–H and O–H groups in total. The Morgan fingerprint density at radius 1 is 1.08 bits per heavy atom. The van der Waals surface area contributed by atoms with Gasteiger partial charge in [-0.3, -0.25) is 0 Å². The number of anilines is 1. The largest absolute Gasteiger partial charge is 0.445 e. The molecular formula is C14H11F4N5S. The van der Waals surface area contributed by atoms with Crippen LogP contribution >= 0.6 is 11.3 Å². The smallest absolute Gasteiger partial charge is 0.360 e. The molecule has 0 bridgehead atoms. The maximum Gasteiger partial charge on any atom is 0.445 e. The fourth-order valence-corrected chi connectivity index (χ4v) is 2.58. The Bertz CT molecular complexity index is 809. The maximum absolute atomic E-state index is 12.9. The lowest BCUT2D eigenvalue weighted by molar-refractivity contribution is -0.138. The van der Waals surface area contributed by atoms with E-state index < -0.39 is 11.2 Å². The molecular weight excluding hydrogens is 346 g/mol. The van der Waals surface area contributed by atoms with Crippen LogP contribution in [0.2, 0.25) is 0 Å². The monoisotopic (exact) mass is 357 g/mol. The van der Waals surface area contributed by atoms with Gasteiger partial charge in [0, 0.05) is 19.2 Å². The van der Waals surface area contributed by atoms with Crippen LogP contribution in [0.4, 0.5) is 22.7 Å². The van der Waals surface area contributed by atoms with Gasteiger partial charge in [-0.15, -0.1) is 10.2 Å². The van der Waals surface area contributed by atoms with Crippen molar-refractivity contribution >= 4 is 16.5 Å². The number of hydrogen-bond acceptors (Lipinski definition) is 5. The van der Waals surface area contributed by atoms with Gasteiger partial charge in [0.1, 0.15) is 5.82 Å². The molecule has 2 heterocycles. The van der Waals surface area contributed by atoms with E-state index in [-0.39, 0.29) is 10.9 Å². The molecule has 24 heavy (non-hydrogen) atoms. The highest BCUT2D eigenvalue weighted by Gasteiger charge is 2.35. The minimum absolute atomic E-state index is 0.111. The molecule has 0 spiro atoms. The molecule has 0 saturated heterocycles. The van der Waals surface area contributed by atoms with E-state index in [9.17, 15) is 17.6 Å². The summed E-state index contributed by atoms with van der Waals surface area (Å²) >= 11 is 0.459. The van der Waals surface area contributed by atoms with Gasteiger partial charge in [-0.2, -0.15) is 18.3 Å². The first-order valence-corrected chi connectivity index (χ1v) is 7.68. The number of hydrogen-bond donors (Lipinski definition) is 1. The number of nitrogens with zero attached hydrogens (tertiary/aromatic N) is 4. The fourth-order valence-electron chi connectivity index (χ4n) is 1.94. The zero-order chi connectivity index (χ0) is 17.2. The third-order valence-electron chi connectivity index (χ3n) is 3.06. The lowest BCUT2D eigenvalue weighted by atomic mass is 10.3. The molecule has 0 atom stereocenters. The van der Waals surface area contributed by atoms with E-state index in [2.05, 4.69) is 20.6 Å². The fraction of sp³-hybridized carbons (Fsp3) is 0.214. The summed E-state index contributed by atoms with van der Waals surface area (Å²) < 4.78 is 51.8. The molecule has 0 saturated carbocycles. The summed E-state index contributed by atoms with van der Waals surface area (Å²) in [5.41, 5.74) is 1.46. The lowest BCUT2D eigenvalue weighted by Gasteiger charge is -2.01. The average molecular weight is 357 g/mol. The normalized spacial score (nSPS) is 11.7. The van der Waals surface area contributed by atoms with Crippen LogP contribution in [0.15, 0.2) is 36.5 Å². The minimum Gasteiger partial charge on any atom is -0.360 e. The van der Waals surface area contributed by atoms with Gasteiger partial charge in [-0.05, 0) is 30.3 Å². The summed E-state index contributed by atoms with van der Waals surface area (Å²) in [6.45, 7) is 0.368. The highest BCUT2D eigenvalue weighted by molar-refractivity contribution is 7.15. The first-order chi connectivity index (χ1) is 11.4. The highest BCUT2D eigenvalue weighted by Crippen LogP contribution is 2.32. The molecule has 126 valence electrons. The van der Waals surface area contributed by atoms with Crippen LogP contribution in [0.1, 0.15) is 10.7 Å². The van der Waals surface area contributed by atoms with Crippen LogP contribution in [-0.2, 0) is 12.6 Å². The molecule has 0 aliphatic carbocycles. The molecule has 0 radical (unpaired) electrons. The third-order valence-corrected chi connectivity index (χ3v) is 3.99. The summed E-state index contributed by atoms with van der Waals surface area (Å²) in [5.74, 6) is -0.328. The number of halogens is 4. The van der Waals surface area contributed by atoms with Crippen molar-refractivity contribution in [3.05, 3.63) is 53.0 Å². The van der Waals surface area contributed by atoms with E-state index in [1.54, 1.807) is 29.1 Å². The highest BCUT2D eigenvalue weighted by atomic mass is 32.1. The number of rotatable bonds is 5. The predicted molar refractivity (Wildman–Crippen MR) is 80.6 cm³/mol. The Morgan fingerprint density at radius 3 is 2.50 bits per heavy atom. The second-order valence-corrected chi connectivity index (χ2v) is 5.79. The molecule has 3 aromatic rings. The van der Waals surface area contributed by atoms with Gasteiger partial charge in [-0.25, -0.2) is 9.07 Å². The Kier molecular flexibility index (Phi) is 4.47. The zero-order valence-corrected chi connectivity index (χ0v) is 12.9. The zero-order valence-electron chi connectivity index (χ0n) is 12.1. The molecule has 0 amide bonds. The second-order valence-electron chi connectivity index (χ2n) is 4.81. The second kappa shape index (κ2) is 6.56. The van der Waals surface area contributed by atoms with E-state index in [0.717, 1.165) is 11.4 Å². The SMILES string of the molecule is Fc1ccc(-n2ccc(CCNc3nnc(C(F)(F)F)s3)n2)cc1. The van der Waals surface area contributed by atoms with Gasteiger partial charge in [0.2, 0.25) is 10.1 Å². The molecule has 10 heteroatoms. The topological polar surface area (TPSA) is 55.6 Å². The summed E-state index contributed by atoms with van der Waals surface area (Å²) in [4.78, 5) is 0. The number of aromatic nitrogens is 4. The molecule has 0 fully saturated rings. The quantitative estimate of drug-likeness (QED) is 0.710. The van der Waals surface area contributed by atoms with E-state index in [0.29, 0.717) is 24.3 Å². The summed E-state index contributed by atoms with van der Waals surface area (Å²) in [6, 6.07) is 7.67. The van der Waals surface area contributed by atoms with Gasteiger partial charge >= 0.3 is 6.18 Å². The van der Waals surface area contributed by atoms with Gasteiger partial charge in [0.15, 0.2) is 0 Å². The van der Waals surface area contributed by atoms with Crippen LogP contribution in [0.5, 0.6) is 0 Å². The first kappa shape index (κ1) is 16.4. The molecule has 0 aliphatic heterocycles.